The molecule has 1 atom stereocenters. The van der Waals surface area contributed by atoms with Crippen molar-refractivity contribution in [2.24, 2.45) is 0 Å². The van der Waals surface area contributed by atoms with Gasteiger partial charge in [-0.05, 0) is 31.2 Å². The fourth-order valence-electron chi connectivity index (χ4n) is 1.59. The predicted octanol–water partition coefficient (Wildman–Crippen LogP) is 3.11. The third kappa shape index (κ3) is 7.27. The Hall–Kier alpha value is -1.36. The van der Waals surface area contributed by atoms with Crippen molar-refractivity contribution in [1.29, 1.82) is 0 Å². The lowest BCUT2D eigenvalue weighted by atomic mass is 10.3. The van der Waals surface area contributed by atoms with Crippen LogP contribution in [0.1, 0.15) is 27.7 Å². The highest BCUT2D eigenvalue weighted by Crippen LogP contribution is 2.22. The fourth-order valence-corrected chi connectivity index (χ4v) is 2.40. The number of carbonyl (C=O) groups is 1. The summed E-state index contributed by atoms with van der Waals surface area (Å²) in [6.45, 7) is 8.88. The maximum absolute atomic E-state index is 11.9. The van der Waals surface area contributed by atoms with Crippen LogP contribution in [-0.2, 0) is 4.79 Å². The zero-order chi connectivity index (χ0) is 15.9. The lowest BCUT2D eigenvalue weighted by Crippen LogP contribution is -2.37. The standard InChI is InChI=1S/C16H25NO3S/c1-12(15(18)17-10-11-21-16(2,3)4)20-14-8-6-13(19-5)7-9-14/h6-9,12H,10-11H2,1-5H3,(H,17,18). The van der Waals surface area contributed by atoms with Crippen molar-refractivity contribution in [3.63, 3.8) is 0 Å². The normalized spacial score (nSPS) is 12.6. The van der Waals surface area contributed by atoms with Crippen LogP contribution in [0.3, 0.4) is 0 Å². The van der Waals surface area contributed by atoms with Gasteiger partial charge >= 0.3 is 0 Å². The van der Waals surface area contributed by atoms with Gasteiger partial charge in [-0.1, -0.05) is 20.8 Å². The van der Waals surface area contributed by atoms with E-state index in [4.69, 9.17) is 9.47 Å². The number of nitrogens with one attached hydrogen (secondary N) is 1. The maximum Gasteiger partial charge on any atom is 0.260 e. The Morgan fingerprint density at radius 3 is 2.33 bits per heavy atom. The average Bonchev–Trinajstić information content (AvgIpc) is 2.43. The Bertz CT molecular complexity index is 440. The molecule has 118 valence electrons. The highest BCUT2D eigenvalue weighted by molar-refractivity contribution is 8.00. The molecule has 0 fully saturated rings. The third-order valence-corrected chi connectivity index (χ3v) is 3.95. The van der Waals surface area contributed by atoms with Gasteiger partial charge in [0.05, 0.1) is 7.11 Å². The van der Waals surface area contributed by atoms with Gasteiger partial charge < -0.3 is 14.8 Å². The Balaban J connectivity index is 2.33. The monoisotopic (exact) mass is 311 g/mol. The maximum atomic E-state index is 11.9. The van der Waals surface area contributed by atoms with E-state index in [1.165, 1.54) is 0 Å². The lowest BCUT2D eigenvalue weighted by Gasteiger charge is -2.18. The molecule has 0 saturated carbocycles. The molecule has 0 radical (unpaired) electrons. The highest BCUT2D eigenvalue weighted by Gasteiger charge is 2.15. The number of carbonyl (C=O) groups excluding carboxylic acids is 1. The van der Waals surface area contributed by atoms with Crippen molar-refractivity contribution < 1.29 is 14.3 Å². The molecule has 1 rings (SSSR count). The van der Waals surface area contributed by atoms with E-state index in [-0.39, 0.29) is 10.7 Å². The Morgan fingerprint density at radius 2 is 1.81 bits per heavy atom. The van der Waals surface area contributed by atoms with Crippen LogP contribution in [0.2, 0.25) is 0 Å². The number of rotatable bonds is 7. The first kappa shape index (κ1) is 17.7. The molecule has 0 spiro atoms. The van der Waals surface area contributed by atoms with Crippen molar-refractivity contribution in [2.45, 2.75) is 38.5 Å². The zero-order valence-corrected chi connectivity index (χ0v) is 14.3. The van der Waals surface area contributed by atoms with Gasteiger partial charge in [0.15, 0.2) is 6.10 Å². The Labute approximate surface area is 131 Å². The number of benzene rings is 1. The van der Waals surface area contributed by atoms with E-state index in [9.17, 15) is 4.79 Å². The van der Waals surface area contributed by atoms with Crippen LogP contribution >= 0.6 is 11.8 Å². The first-order chi connectivity index (χ1) is 9.81. The molecule has 0 aromatic heterocycles. The van der Waals surface area contributed by atoms with Crippen LogP contribution in [-0.4, -0.2) is 36.2 Å². The minimum atomic E-state index is -0.516. The van der Waals surface area contributed by atoms with Crippen molar-refractivity contribution in [1.82, 2.24) is 5.32 Å². The number of hydrogen-bond donors (Lipinski definition) is 1. The quantitative estimate of drug-likeness (QED) is 0.786. The first-order valence-electron chi connectivity index (χ1n) is 7.04. The van der Waals surface area contributed by atoms with Crippen LogP contribution in [0.4, 0.5) is 0 Å². The second kappa shape index (κ2) is 8.17. The van der Waals surface area contributed by atoms with Gasteiger partial charge in [-0.2, -0.15) is 11.8 Å². The Morgan fingerprint density at radius 1 is 1.24 bits per heavy atom. The van der Waals surface area contributed by atoms with Gasteiger partial charge in [0.25, 0.3) is 5.91 Å². The second-order valence-corrected chi connectivity index (χ2v) is 7.61. The molecule has 21 heavy (non-hydrogen) atoms. The van der Waals surface area contributed by atoms with Gasteiger partial charge in [-0.3, -0.25) is 4.79 Å². The molecule has 0 aliphatic rings. The van der Waals surface area contributed by atoms with Gasteiger partial charge in [0.2, 0.25) is 0 Å². The van der Waals surface area contributed by atoms with E-state index < -0.39 is 6.10 Å². The minimum absolute atomic E-state index is 0.0969. The SMILES string of the molecule is COc1ccc(OC(C)C(=O)NCCSC(C)(C)C)cc1. The Kier molecular flexibility index (Phi) is 6.89. The van der Waals surface area contributed by atoms with Crippen molar-refractivity contribution >= 4 is 17.7 Å². The number of ether oxygens (including phenoxy) is 2. The molecule has 0 saturated heterocycles. The molecule has 0 aliphatic heterocycles. The van der Waals surface area contributed by atoms with E-state index in [2.05, 4.69) is 26.1 Å². The summed E-state index contributed by atoms with van der Waals surface area (Å²) in [6, 6.07) is 7.19. The largest absolute Gasteiger partial charge is 0.497 e. The minimum Gasteiger partial charge on any atom is -0.497 e. The topological polar surface area (TPSA) is 47.6 Å². The molecular weight excluding hydrogens is 286 g/mol. The van der Waals surface area contributed by atoms with Crippen molar-refractivity contribution in [3.8, 4) is 11.5 Å². The van der Waals surface area contributed by atoms with Crippen LogP contribution in [0, 0.1) is 0 Å². The molecule has 1 aromatic carbocycles. The van der Waals surface area contributed by atoms with Crippen molar-refractivity contribution in [3.05, 3.63) is 24.3 Å². The highest BCUT2D eigenvalue weighted by atomic mass is 32.2. The molecule has 0 bridgehead atoms. The molecule has 5 heteroatoms. The molecule has 0 aliphatic carbocycles. The molecule has 0 heterocycles. The summed E-state index contributed by atoms with van der Waals surface area (Å²) >= 11 is 1.83. The third-order valence-electron chi connectivity index (χ3n) is 2.68. The van der Waals surface area contributed by atoms with E-state index in [1.807, 2.05) is 11.8 Å². The smallest absolute Gasteiger partial charge is 0.260 e. The first-order valence-corrected chi connectivity index (χ1v) is 8.03. The van der Waals surface area contributed by atoms with Gasteiger partial charge in [0, 0.05) is 17.0 Å². The van der Waals surface area contributed by atoms with Gasteiger partial charge in [-0.25, -0.2) is 0 Å². The van der Waals surface area contributed by atoms with Crippen molar-refractivity contribution in [2.75, 3.05) is 19.4 Å². The van der Waals surface area contributed by atoms with Crippen LogP contribution in [0.25, 0.3) is 0 Å². The summed E-state index contributed by atoms with van der Waals surface area (Å²) < 4.78 is 10.9. The van der Waals surface area contributed by atoms with Crippen LogP contribution < -0.4 is 14.8 Å². The molecule has 4 nitrogen and oxygen atoms in total. The summed E-state index contributed by atoms with van der Waals surface area (Å²) in [4.78, 5) is 11.9. The molecular formula is C16H25NO3S. The van der Waals surface area contributed by atoms with Gasteiger partial charge in [0.1, 0.15) is 11.5 Å². The molecule has 1 aromatic rings. The van der Waals surface area contributed by atoms with Crippen LogP contribution in [0.5, 0.6) is 11.5 Å². The lowest BCUT2D eigenvalue weighted by molar-refractivity contribution is -0.127. The second-order valence-electron chi connectivity index (χ2n) is 5.69. The van der Waals surface area contributed by atoms with E-state index in [1.54, 1.807) is 38.3 Å². The van der Waals surface area contributed by atoms with Gasteiger partial charge in [-0.15, -0.1) is 0 Å². The summed E-state index contributed by atoms with van der Waals surface area (Å²) in [5.74, 6) is 2.21. The molecule has 1 N–H and O–H groups in total. The molecule has 1 unspecified atom stereocenters. The fraction of sp³-hybridized carbons (Fsp3) is 0.562. The molecule has 1 amide bonds. The predicted molar refractivity (Wildman–Crippen MR) is 88.3 cm³/mol. The number of hydrogen-bond acceptors (Lipinski definition) is 4. The van der Waals surface area contributed by atoms with E-state index >= 15 is 0 Å². The number of methoxy groups -OCH3 is 1. The number of amides is 1. The summed E-state index contributed by atoms with van der Waals surface area (Å²) in [6.07, 6.45) is -0.516. The average molecular weight is 311 g/mol. The summed E-state index contributed by atoms with van der Waals surface area (Å²) in [5.41, 5.74) is 0. The summed E-state index contributed by atoms with van der Waals surface area (Å²) in [5, 5.41) is 2.89. The van der Waals surface area contributed by atoms with E-state index in [0.717, 1.165) is 11.5 Å². The zero-order valence-electron chi connectivity index (χ0n) is 13.4. The number of thioether (sulfide) groups is 1. The van der Waals surface area contributed by atoms with Crippen LogP contribution in [0.15, 0.2) is 24.3 Å². The van der Waals surface area contributed by atoms with E-state index in [0.29, 0.717) is 12.3 Å². The summed E-state index contributed by atoms with van der Waals surface area (Å²) in [7, 11) is 1.61.